The minimum Gasteiger partial charge on any atom is -0.394 e. The molecule has 1 rings (SSSR count). The molecule has 0 aliphatic carbocycles. The summed E-state index contributed by atoms with van der Waals surface area (Å²) in [5.74, 6) is 0.274. The van der Waals surface area contributed by atoms with Gasteiger partial charge >= 0.3 is 0 Å². The number of nitrogens with two attached hydrogens (primary N) is 2. The lowest BCUT2D eigenvalue weighted by Crippen LogP contribution is -2.21. The second-order valence-corrected chi connectivity index (χ2v) is 3.42. The lowest BCUT2D eigenvalue weighted by Gasteiger charge is -2.07. The first-order valence-corrected chi connectivity index (χ1v) is 4.91. The predicted molar refractivity (Wildman–Crippen MR) is 60.9 cm³/mol. The monoisotopic (exact) mass is 227 g/mol. The SMILES string of the molecule is Cc1nn(C)c(NCCOCC(N)=O)c1N. The minimum atomic E-state index is -0.476. The van der Waals surface area contributed by atoms with Gasteiger partial charge in [-0.2, -0.15) is 5.10 Å². The Morgan fingerprint density at radius 2 is 2.31 bits per heavy atom. The second-order valence-electron chi connectivity index (χ2n) is 3.42. The van der Waals surface area contributed by atoms with E-state index < -0.39 is 5.91 Å². The molecule has 0 saturated heterocycles. The molecule has 1 aromatic rings. The highest BCUT2D eigenvalue weighted by Crippen LogP contribution is 2.20. The molecule has 5 N–H and O–H groups in total. The molecule has 1 aromatic heterocycles. The highest BCUT2D eigenvalue weighted by Gasteiger charge is 2.08. The van der Waals surface area contributed by atoms with E-state index in [-0.39, 0.29) is 6.61 Å². The van der Waals surface area contributed by atoms with Crippen molar-refractivity contribution in [2.24, 2.45) is 12.8 Å². The van der Waals surface area contributed by atoms with Crippen LogP contribution in [-0.2, 0) is 16.6 Å². The van der Waals surface area contributed by atoms with Gasteiger partial charge in [0.25, 0.3) is 0 Å². The molecule has 0 saturated carbocycles. The number of rotatable bonds is 6. The van der Waals surface area contributed by atoms with Crippen molar-refractivity contribution in [2.45, 2.75) is 6.92 Å². The zero-order valence-corrected chi connectivity index (χ0v) is 9.49. The third kappa shape index (κ3) is 3.13. The Kier molecular flexibility index (Phi) is 4.12. The number of aryl methyl sites for hydroxylation is 2. The van der Waals surface area contributed by atoms with E-state index >= 15 is 0 Å². The van der Waals surface area contributed by atoms with Gasteiger partial charge in [0.2, 0.25) is 5.91 Å². The zero-order valence-electron chi connectivity index (χ0n) is 9.49. The van der Waals surface area contributed by atoms with E-state index in [4.69, 9.17) is 16.2 Å². The number of hydrogen-bond donors (Lipinski definition) is 3. The lowest BCUT2D eigenvalue weighted by atomic mass is 10.4. The molecule has 16 heavy (non-hydrogen) atoms. The van der Waals surface area contributed by atoms with Gasteiger partial charge < -0.3 is 21.5 Å². The van der Waals surface area contributed by atoms with Gasteiger partial charge in [0.1, 0.15) is 12.4 Å². The van der Waals surface area contributed by atoms with Crippen LogP contribution >= 0.6 is 0 Å². The van der Waals surface area contributed by atoms with E-state index in [2.05, 4.69) is 10.4 Å². The summed E-state index contributed by atoms with van der Waals surface area (Å²) in [6.07, 6.45) is 0. The van der Waals surface area contributed by atoms with Crippen molar-refractivity contribution in [2.75, 3.05) is 30.8 Å². The molecule has 0 aliphatic heterocycles. The Labute approximate surface area is 93.7 Å². The normalized spacial score (nSPS) is 10.4. The van der Waals surface area contributed by atoms with Crippen LogP contribution in [0, 0.1) is 6.92 Å². The topological polar surface area (TPSA) is 108 Å². The predicted octanol–water partition coefficient (Wildman–Crippen LogP) is -0.775. The fourth-order valence-electron chi connectivity index (χ4n) is 1.30. The maximum Gasteiger partial charge on any atom is 0.243 e. The van der Waals surface area contributed by atoms with Crippen LogP contribution in [-0.4, -0.2) is 35.4 Å². The number of aromatic nitrogens is 2. The van der Waals surface area contributed by atoms with Crippen molar-refractivity contribution in [3.05, 3.63) is 5.69 Å². The van der Waals surface area contributed by atoms with Gasteiger partial charge in [0, 0.05) is 13.6 Å². The Morgan fingerprint density at radius 3 is 2.81 bits per heavy atom. The van der Waals surface area contributed by atoms with E-state index in [0.717, 1.165) is 11.5 Å². The molecule has 1 heterocycles. The maximum atomic E-state index is 10.4. The summed E-state index contributed by atoms with van der Waals surface area (Å²) in [7, 11) is 1.80. The van der Waals surface area contributed by atoms with Gasteiger partial charge in [-0.3, -0.25) is 9.48 Å². The van der Waals surface area contributed by atoms with E-state index in [1.54, 1.807) is 11.7 Å². The van der Waals surface area contributed by atoms with E-state index in [9.17, 15) is 4.79 Å². The highest BCUT2D eigenvalue weighted by atomic mass is 16.5. The second kappa shape index (κ2) is 5.36. The standard InChI is InChI=1S/C9H17N5O2/c1-6-8(11)9(14(2)13-6)12-3-4-16-5-7(10)15/h12H,3-5,11H2,1-2H3,(H2,10,15). The number of amides is 1. The maximum absolute atomic E-state index is 10.4. The van der Waals surface area contributed by atoms with E-state index in [1.165, 1.54) is 0 Å². The van der Waals surface area contributed by atoms with E-state index in [1.807, 2.05) is 6.92 Å². The van der Waals surface area contributed by atoms with Crippen molar-refractivity contribution >= 4 is 17.4 Å². The average Bonchev–Trinajstić information content (AvgIpc) is 2.43. The Morgan fingerprint density at radius 1 is 1.62 bits per heavy atom. The van der Waals surface area contributed by atoms with Gasteiger partial charge in [-0.1, -0.05) is 0 Å². The molecule has 0 bridgehead atoms. The largest absolute Gasteiger partial charge is 0.394 e. The van der Waals surface area contributed by atoms with Crippen LogP contribution in [0.15, 0.2) is 0 Å². The first-order chi connectivity index (χ1) is 7.52. The summed E-state index contributed by atoms with van der Waals surface area (Å²) in [5, 5.41) is 7.23. The number of nitrogens with zero attached hydrogens (tertiary/aromatic N) is 2. The molecule has 0 atom stereocenters. The first kappa shape index (κ1) is 12.3. The van der Waals surface area contributed by atoms with Crippen molar-refractivity contribution in [3.63, 3.8) is 0 Å². The molecule has 7 nitrogen and oxygen atoms in total. The summed E-state index contributed by atoms with van der Waals surface area (Å²) >= 11 is 0. The summed E-state index contributed by atoms with van der Waals surface area (Å²) in [6.45, 7) is 2.69. The molecule has 0 fully saturated rings. The van der Waals surface area contributed by atoms with Gasteiger partial charge in [0.05, 0.1) is 18.0 Å². The molecule has 0 aliphatic rings. The van der Waals surface area contributed by atoms with Crippen LogP contribution in [0.2, 0.25) is 0 Å². The minimum absolute atomic E-state index is 0.0679. The molecule has 0 aromatic carbocycles. The number of nitrogens with one attached hydrogen (secondary N) is 1. The Hall–Kier alpha value is -1.76. The summed E-state index contributed by atoms with van der Waals surface area (Å²) in [6, 6.07) is 0. The van der Waals surface area contributed by atoms with Crippen LogP contribution < -0.4 is 16.8 Å². The Bertz CT molecular complexity index is 374. The quantitative estimate of drug-likeness (QED) is 0.553. The van der Waals surface area contributed by atoms with Crippen LogP contribution in [0.4, 0.5) is 11.5 Å². The zero-order chi connectivity index (χ0) is 12.1. The van der Waals surface area contributed by atoms with Crippen LogP contribution in [0.1, 0.15) is 5.69 Å². The van der Waals surface area contributed by atoms with Crippen LogP contribution in [0.25, 0.3) is 0 Å². The third-order valence-corrected chi connectivity index (χ3v) is 2.05. The number of carbonyl (C=O) groups is 1. The first-order valence-electron chi connectivity index (χ1n) is 4.91. The van der Waals surface area contributed by atoms with Crippen molar-refractivity contribution in [1.29, 1.82) is 0 Å². The van der Waals surface area contributed by atoms with Crippen molar-refractivity contribution in [1.82, 2.24) is 9.78 Å². The number of primary amides is 1. The van der Waals surface area contributed by atoms with Crippen molar-refractivity contribution in [3.8, 4) is 0 Å². The third-order valence-electron chi connectivity index (χ3n) is 2.05. The summed E-state index contributed by atoms with van der Waals surface area (Å²) in [5.41, 5.74) is 12.1. The summed E-state index contributed by atoms with van der Waals surface area (Å²) < 4.78 is 6.66. The Balaban J connectivity index is 2.34. The molecular formula is C9H17N5O2. The molecule has 0 spiro atoms. The van der Waals surface area contributed by atoms with Gasteiger partial charge in [-0.25, -0.2) is 0 Å². The molecule has 0 radical (unpaired) electrons. The summed E-state index contributed by atoms with van der Waals surface area (Å²) in [4.78, 5) is 10.4. The number of anilines is 2. The lowest BCUT2D eigenvalue weighted by molar-refractivity contribution is -0.122. The smallest absolute Gasteiger partial charge is 0.243 e. The average molecular weight is 227 g/mol. The fourth-order valence-corrected chi connectivity index (χ4v) is 1.30. The van der Waals surface area contributed by atoms with Gasteiger partial charge in [-0.05, 0) is 6.92 Å². The highest BCUT2D eigenvalue weighted by molar-refractivity contribution is 5.75. The molecule has 1 amide bonds. The molecule has 7 heteroatoms. The molecular weight excluding hydrogens is 210 g/mol. The number of nitrogen functional groups attached to an aromatic ring is 1. The van der Waals surface area contributed by atoms with Crippen LogP contribution in [0.5, 0.6) is 0 Å². The number of ether oxygens (including phenoxy) is 1. The molecule has 90 valence electrons. The number of hydrogen-bond acceptors (Lipinski definition) is 5. The van der Waals surface area contributed by atoms with Crippen molar-refractivity contribution < 1.29 is 9.53 Å². The fraction of sp³-hybridized carbons (Fsp3) is 0.556. The van der Waals surface area contributed by atoms with Gasteiger partial charge in [-0.15, -0.1) is 0 Å². The van der Waals surface area contributed by atoms with E-state index in [0.29, 0.717) is 18.8 Å². The number of carbonyl (C=O) groups excluding carboxylic acids is 1. The van der Waals surface area contributed by atoms with Gasteiger partial charge in [0.15, 0.2) is 0 Å². The van der Waals surface area contributed by atoms with Crippen LogP contribution in [0.3, 0.4) is 0 Å². The molecule has 0 unspecified atom stereocenters.